The Bertz CT molecular complexity index is 953. The average molecular weight is 374 g/mol. The Kier molecular flexibility index (Phi) is 5.86. The fourth-order valence-electron chi connectivity index (χ4n) is 4.20. The lowest BCUT2D eigenvalue weighted by atomic mass is 9.85. The third kappa shape index (κ3) is 4.16. The van der Waals surface area contributed by atoms with Crippen LogP contribution in [0.15, 0.2) is 72.6 Å². The third-order valence-electron chi connectivity index (χ3n) is 5.63. The summed E-state index contributed by atoms with van der Waals surface area (Å²) >= 11 is 0. The molecule has 0 bridgehead atoms. The monoisotopic (exact) mass is 373 g/mol. The number of hydrogen-bond acceptors (Lipinski definition) is 2. The third-order valence-corrected chi connectivity index (χ3v) is 5.63. The molecule has 28 heavy (non-hydrogen) atoms. The van der Waals surface area contributed by atoms with Gasteiger partial charge in [-0.25, -0.2) is 4.52 Å². The predicted octanol–water partition coefficient (Wildman–Crippen LogP) is 5.71. The molecule has 2 aliphatic carbocycles. The molecule has 0 spiro atoms. The van der Waals surface area contributed by atoms with Gasteiger partial charge in [-0.15, -0.1) is 0 Å². The van der Waals surface area contributed by atoms with Gasteiger partial charge in [-0.1, -0.05) is 62.5 Å². The second kappa shape index (κ2) is 8.87. The lowest BCUT2D eigenvalue weighted by molar-refractivity contribution is -0.112. The van der Waals surface area contributed by atoms with Crippen LogP contribution in [0.4, 0.5) is 5.69 Å². The molecule has 2 aromatic heterocycles. The number of fused-ring (bicyclic) bond motifs is 1. The highest BCUT2D eigenvalue weighted by Gasteiger charge is 2.22. The molecule has 1 N–H and O–H groups in total. The highest BCUT2D eigenvalue weighted by molar-refractivity contribution is 6.06. The summed E-state index contributed by atoms with van der Waals surface area (Å²) in [5.41, 5.74) is 3.83. The summed E-state index contributed by atoms with van der Waals surface area (Å²) in [6.45, 7) is 0. The minimum Gasteiger partial charge on any atom is -0.320 e. The molecular weight excluding hydrogens is 346 g/mol. The van der Waals surface area contributed by atoms with E-state index in [1.54, 1.807) is 0 Å². The minimum atomic E-state index is -0.0963. The molecule has 4 rings (SSSR count). The molecule has 4 heteroatoms. The van der Waals surface area contributed by atoms with Crippen LogP contribution in [0.5, 0.6) is 0 Å². The van der Waals surface area contributed by atoms with Crippen molar-refractivity contribution in [3.63, 3.8) is 0 Å². The van der Waals surface area contributed by atoms with E-state index in [-0.39, 0.29) is 5.91 Å². The van der Waals surface area contributed by atoms with Gasteiger partial charge in [0.15, 0.2) is 0 Å². The van der Waals surface area contributed by atoms with Gasteiger partial charge >= 0.3 is 0 Å². The second-order valence-corrected chi connectivity index (χ2v) is 7.56. The molecule has 0 atom stereocenters. The Hall–Kier alpha value is -2.88. The molecule has 2 aromatic rings. The predicted molar refractivity (Wildman–Crippen MR) is 114 cm³/mol. The number of aromatic nitrogens is 2. The van der Waals surface area contributed by atoms with Crippen molar-refractivity contribution in [1.29, 1.82) is 0 Å². The van der Waals surface area contributed by atoms with Crippen LogP contribution in [0.1, 0.15) is 56.4 Å². The average Bonchev–Trinajstić information content (AvgIpc) is 3.10. The SMILES string of the molecule is O=C(Nc1cnn2cccc2c1C1CCCCCCC1)C1=CC=CC=CC=C1. The number of rotatable bonds is 3. The molecule has 2 aliphatic rings. The van der Waals surface area contributed by atoms with E-state index in [9.17, 15) is 4.79 Å². The van der Waals surface area contributed by atoms with Crippen molar-refractivity contribution in [2.45, 2.75) is 50.9 Å². The van der Waals surface area contributed by atoms with Crippen molar-refractivity contribution in [1.82, 2.24) is 9.61 Å². The van der Waals surface area contributed by atoms with Crippen molar-refractivity contribution in [2.75, 3.05) is 5.32 Å². The highest BCUT2D eigenvalue weighted by atomic mass is 16.1. The van der Waals surface area contributed by atoms with E-state index in [1.165, 1.54) is 50.5 Å². The number of amides is 1. The van der Waals surface area contributed by atoms with Crippen molar-refractivity contribution in [3.8, 4) is 0 Å². The van der Waals surface area contributed by atoms with Crippen LogP contribution in [-0.2, 0) is 4.79 Å². The van der Waals surface area contributed by atoms with Gasteiger partial charge in [0.2, 0.25) is 0 Å². The van der Waals surface area contributed by atoms with Gasteiger partial charge in [0.25, 0.3) is 5.91 Å². The van der Waals surface area contributed by atoms with Crippen molar-refractivity contribution in [2.24, 2.45) is 0 Å². The second-order valence-electron chi connectivity index (χ2n) is 7.56. The van der Waals surface area contributed by atoms with Gasteiger partial charge in [-0.3, -0.25) is 4.79 Å². The molecule has 0 aromatic carbocycles. The maximum Gasteiger partial charge on any atom is 0.255 e. The van der Waals surface area contributed by atoms with Crippen LogP contribution in [0.2, 0.25) is 0 Å². The van der Waals surface area contributed by atoms with Crippen molar-refractivity contribution < 1.29 is 4.79 Å². The molecule has 0 saturated heterocycles. The van der Waals surface area contributed by atoms with Gasteiger partial charge in [0.05, 0.1) is 17.4 Å². The van der Waals surface area contributed by atoms with E-state index >= 15 is 0 Å². The summed E-state index contributed by atoms with van der Waals surface area (Å²) < 4.78 is 1.92. The van der Waals surface area contributed by atoms with Crippen LogP contribution in [0, 0.1) is 0 Å². The molecule has 2 heterocycles. The normalized spacial score (nSPS) is 18.2. The lowest BCUT2D eigenvalue weighted by Gasteiger charge is -2.23. The van der Waals surface area contributed by atoms with Gasteiger partial charge in [-0.2, -0.15) is 5.10 Å². The largest absolute Gasteiger partial charge is 0.320 e. The molecule has 0 aliphatic heterocycles. The first kappa shape index (κ1) is 18.5. The Morgan fingerprint density at radius 1 is 1.00 bits per heavy atom. The Labute approximate surface area is 166 Å². The van der Waals surface area contributed by atoms with Crippen LogP contribution in [0.25, 0.3) is 5.52 Å². The summed E-state index contributed by atoms with van der Waals surface area (Å²) in [4.78, 5) is 12.9. The van der Waals surface area contributed by atoms with Crippen molar-refractivity contribution >= 4 is 17.1 Å². The lowest BCUT2D eigenvalue weighted by Crippen LogP contribution is -2.17. The zero-order valence-corrected chi connectivity index (χ0v) is 16.2. The molecule has 1 saturated carbocycles. The Balaban J connectivity index is 1.67. The molecular formula is C24H27N3O. The number of nitrogens with zero attached hydrogens (tertiary/aromatic N) is 2. The van der Waals surface area contributed by atoms with Crippen LogP contribution in [0.3, 0.4) is 0 Å². The highest BCUT2D eigenvalue weighted by Crippen LogP contribution is 2.37. The Morgan fingerprint density at radius 3 is 2.61 bits per heavy atom. The molecule has 1 fully saturated rings. The maximum absolute atomic E-state index is 12.9. The molecule has 0 unspecified atom stereocenters. The van der Waals surface area contributed by atoms with E-state index in [2.05, 4.69) is 16.5 Å². The molecule has 144 valence electrons. The fraction of sp³-hybridized carbons (Fsp3) is 0.333. The summed E-state index contributed by atoms with van der Waals surface area (Å²) in [5, 5.41) is 7.66. The Morgan fingerprint density at radius 2 is 1.75 bits per heavy atom. The smallest absolute Gasteiger partial charge is 0.255 e. The van der Waals surface area contributed by atoms with E-state index < -0.39 is 0 Å². The first-order valence-corrected chi connectivity index (χ1v) is 10.3. The van der Waals surface area contributed by atoms with Crippen molar-refractivity contribution in [3.05, 3.63) is 78.2 Å². The molecule has 1 amide bonds. The van der Waals surface area contributed by atoms with E-state index in [0.717, 1.165) is 11.2 Å². The molecule has 0 radical (unpaired) electrons. The summed E-state index contributed by atoms with van der Waals surface area (Å²) in [6.07, 6.45) is 25.8. The summed E-state index contributed by atoms with van der Waals surface area (Å²) in [5.74, 6) is 0.363. The van der Waals surface area contributed by atoms with E-state index in [0.29, 0.717) is 11.5 Å². The number of hydrogen-bond donors (Lipinski definition) is 1. The first-order chi connectivity index (χ1) is 13.8. The van der Waals surface area contributed by atoms with Crippen LogP contribution < -0.4 is 5.32 Å². The van der Waals surface area contributed by atoms with Gasteiger partial charge in [0, 0.05) is 17.3 Å². The van der Waals surface area contributed by atoms with E-state index in [1.807, 2.05) is 65.5 Å². The quantitative estimate of drug-likeness (QED) is 0.749. The van der Waals surface area contributed by atoms with Gasteiger partial charge in [0.1, 0.15) is 0 Å². The standard InChI is InChI=1S/C24H27N3O/c28-24(20-14-9-5-2-6-10-15-20)26-21-18-25-27-17-11-16-22(27)23(21)19-12-7-3-1-4-8-13-19/h2,5-6,9-11,14-19H,1,3-4,7-8,12-13H2,(H,26,28). The molecule has 4 nitrogen and oxygen atoms in total. The minimum absolute atomic E-state index is 0.0963. The topological polar surface area (TPSA) is 46.4 Å². The first-order valence-electron chi connectivity index (χ1n) is 10.3. The van der Waals surface area contributed by atoms with Gasteiger partial charge < -0.3 is 5.32 Å². The summed E-state index contributed by atoms with van der Waals surface area (Å²) in [6, 6.07) is 4.14. The summed E-state index contributed by atoms with van der Waals surface area (Å²) in [7, 11) is 0. The van der Waals surface area contributed by atoms with E-state index in [4.69, 9.17) is 0 Å². The number of allylic oxidation sites excluding steroid dienone is 6. The fourth-order valence-corrected chi connectivity index (χ4v) is 4.20. The van der Waals surface area contributed by atoms with Gasteiger partial charge in [-0.05, 0) is 43.0 Å². The van der Waals surface area contributed by atoms with Crippen LogP contribution in [-0.4, -0.2) is 15.5 Å². The van der Waals surface area contributed by atoms with Crippen LogP contribution >= 0.6 is 0 Å². The number of carbonyl (C=O) groups is 1. The number of carbonyl (C=O) groups excluding carboxylic acids is 1. The number of nitrogens with one attached hydrogen (secondary N) is 1. The maximum atomic E-state index is 12.9. The zero-order valence-electron chi connectivity index (χ0n) is 16.2. The zero-order chi connectivity index (χ0) is 19.2. The number of anilines is 1.